The highest BCUT2D eigenvalue weighted by atomic mass is 16.4. The minimum Gasteiger partial charge on any atom is -0.465 e. The third-order valence-corrected chi connectivity index (χ3v) is 2.14. The van der Waals surface area contributed by atoms with Crippen LogP contribution in [-0.4, -0.2) is 57.9 Å². The molecule has 0 aromatic heterocycles. The van der Waals surface area contributed by atoms with Crippen molar-refractivity contribution in [3.63, 3.8) is 0 Å². The van der Waals surface area contributed by atoms with Crippen LogP contribution in [0.2, 0.25) is 0 Å². The molecule has 1 rings (SSSR count). The smallest absolute Gasteiger partial charge is 0.407 e. The molecule has 0 saturated carbocycles. The Hall–Kier alpha value is -1.46. The highest BCUT2D eigenvalue weighted by Crippen LogP contribution is 2.09. The van der Waals surface area contributed by atoms with E-state index in [9.17, 15) is 9.59 Å². The van der Waals surface area contributed by atoms with E-state index in [0.29, 0.717) is 0 Å². The van der Waals surface area contributed by atoms with Gasteiger partial charge in [0.2, 0.25) is 0 Å². The van der Waals surface area contributed by atoms with Crippen LogP contribution < -0.4 is 0 Å². The first kappa shape index (κ1) is 9.63. The first-order valence-corrected chi connectivity index (χ1v) is 4.00. The zero-order valence-electron chi connectivity index (χ0n) is 7.30. The molecule has 2 amide bonds. The minimum atomic E-state index is -0.989. The van der Waals surface area contributed by atoms with Crippen LogP contribution in [0.1, 0.15) is 6.92 Å². The van der Waals surface area contributed by atoms with Crippen molar-refractivity contribution in [2.75, 3.05) is 19.6 Å². The Morgan fingerprint density at radius 2 is 1.85 bits per heavy atom. The summed E-state index contributed by atoms with van der Waals surface area (Å²) in [6.45, 7) is 2.46. The van der Waals surface area contributed by atoms with Crippen LogP contribution in [0.25, 0.3) is 0 Å². The van der Waals surface area contributed by atoms with Crippen molar-refractivity contribution >= 4 is 12.2 Å². The Kier molecular flexibility index (Phi) is 2.60. The van der Waals surface area contributed by atoms with Crippen molar-refractivity contribution < 1.29 is 19.8 Å². The van der Waals surface area contributed by atoms with E-state index in [1.807, 2.05) is 0 Å². The minimum absolute atomic E-state index is 0.252. The lowest BCUT2D eigenvalue weighted by Crippen LogP contribution is -2.54. The summed E-state index contributed by atoms with van der Waals surface area (Å²) in [5, 5.41) is 17.3. The average molecular weight is 188 g/mol. The second kappa shape index (κ2) is 3.51. The summed E-state index contributed by atoms with van der Waals surface area (Å²) in [6.07, 6.45) is -1.98. The highest BCUT2D eigenvalue weighted by Gasteiger charge is 2.28. The van der Waals surface area contributed by atoms with Gasteiger partial charge in [-0.2, -0.15) is 0 Å². The quantitative estimate of drug-likeness (QED) is 0.574. The molecule has 6 nitrogen and oxygen atoms in total. The fourth-order valence-corrected chi connectivity index (χ4v) is 1.42. The molecule has 0 spiro atoms. The predicted molar refractivity (Wildman–Crippen MR) is 43.8 cm³/mol. The van der Waals surface area contributed by atoms with E-state index in [-0.39, 0.29) is 25.7 Å². The molecule has 13 heavy (non-hydrogen) atoms. The number of carboxylic acid groups (broad SMARTS) is 2. The highest BCUT2D eigenvalue weighted by molar-refractivity contribution is 5.68. The van der Waals surface area contributed by atoms with Crippen molar-refractivity contribution in [3.05, 3.63) is 0 Å². The van der Waals surface area contributed by atoms with Crippen molar-refractivity contribution in [1.82, 2.24) is 9.80 Å². The summed E-state index contributed by atoms with van der Waals surface area (Å²) < 4.78 is 0. The van der Waals surface area contributed by atoms with E-state index in [2.05, 4.69) is 0 Å². The lowest BCUT2D eigenvalue weighted by atomic mass is 10.2. The Balaban J connectivity index is 2.56. The van der Waals surface area contributed by atoms with Crippen LogP contribution in [0.3, 0.4) is 0 Å². The molecule has 1 aliphatic rings. The summed E-state index contributed by atoms with van der Waals surface area (Å²) in [7, 11) is 0. The topological polar surface area (TPSA) is 81.1 Å². The van der Waals surface area contributed by atoms with E-state index < -0.39 is 12.2 Å². The van der Waals surface area contributed by atoms with E-state index in [1.165, 1.54) is 9.80 Å². The number of hydrogen-bond acceptors (Lipinski definition) is 2. The molecule has 1 unspecified atom stereocenters. The van der Waals surface area contributed by atoms with Crippen LogP contribution in [0, 0.1) is 0 Å². The van der Waals surface area contributed by atoms with Gasteiger partial charge >= 0.3 is 12.2 Å². The van der Waals surface area contributed by atoms with E-state index in [4.69, 9.17) is 10.2 Å². The Morgan fingerprint density at radius 1 is 1.23 bits per heavy atom. The fourth-order valence-electron chi connectivity index (χ4n) is 1.42. The van der Waals surface area contributed by atoms with Crippen molar-refractivity contribution in [3.8, 4) is 0 Å². The standard InChI is InChI=1S/C7H12N2O4/c1-5-4-8(6(10)11)2-3-9(5)7(12)13/h5H,2-4H2,1H3,(H,10,11)(H,12,13). The molecule has 0 radical (unpaired) electrons. The summed E-state index contributed by atoms with van der Waals surface area (Å²) in [4.78, 5) is 23.6. The third-order valence-electron chi connectivity index (χ3n) is 2.14. The van der Waals surface area contributed by atoms with Gasteiger partial charge in [-0.25, -0.2) is 9.59 Å². The van der Waals surface area contributed by atoms with Crippen LogP contribution in [0.15, 0.2) is 0 Å². The second-order valence-corrected chi connectivity index (χ2v) is 3.05. The molecule has 1 aliphatic heterocycles. The lowest BCUT2D eigenvalue weighted by molar-refractivity contribution is 0.0692. The normalized spacial score (nSPS) is 23.0. The molecule has 1 heterocycles. The molecule has 74 valence electrons. The molecule has 0 bridgehead atoms. The summed E-state index contributed by atoms with van der Waals surface area (Å²) in [5.41, 5.74) is 0. The molecule has 1 saturated heterocycles. The van der Waals surface area contributed by atoms with Gasteiger partial charge < -0.3 is 20.0 Å². The van der Waals surface area contributed by atoms with Gasteiger partial charge in [0.25, 0.3) is 0 Å². The van der Waals surface area contributed by atoms with Gasteiger partial charge in [-0.1, -0.05) is 0 Å². The van der Waals surface area contributed by atoms with Crippen LogP contribution >= 0.6 is 0 Å². The number of nitrogens with zero attached hydrogens (tertiary/aromatic N) is 2. The van der Waals surface area contributed by atoms with Crippen LogP contribution in [0.4, 0.5) is 9.59 Å². The Labute approximate surface area is 75.4 Å². The van der Waals surface area contributed by atoms with Gasteiger partial charge in [0.1, 0.15) is 0 Å². The largest absolute Gasteiger partial charge is 0.465 e. The maximum absolute atomic E-state index is 10.6. The first-order chi connectivity index (χ1) is 6.02. The van der Waals surface area contributed by atoms with Gasteiger partial charge in [0.05, 0.1) is 6.04 Å². The van der Waals surface area contributed by atoms with Crippen molar-refractivity contribution in [1.29, 1.82) is 0 Å². The lowest BCUT2D eigenvalue weighted by Gasteiger charge is -2.36. The molecular formula is C7H12N2O4. The monoisotopic (exact) mass is 188 g/mol. The maximum Gasteiger partial charge on any atom is 0.407 e. The van der Waals surface area contributed by atoms with Gasteiger partial charge in [0, 0.05) is 19.6 Å². The number of hydrogen-bond donors (Lipinski definition) is 2. The average Bonchev–Trinajstić information content (AvgIpc) is 2.03. The molecule has 1 fully saturated rings. The van der Waals surface area contributed by atoms with Crippen molar-refractivity contribution in [2.45, 2.75) is 13.0 Å². The number of rotatable bonds is 0. The summed E-state index contributed by atoms with van der Waals surface area (Å²) in [6, 6.07) is -0.262. The third kappa shape index (κ3) is 2.01. The van der Waals surface area contributed by atoms with E-state index >= 15 is 0 Å². The molecule has 2 N–H and O–H groups in total. The first-order valence-electron chi connectivity index (χ1n) is 4.00. The number of carbonyl (C=O) groups is 2. The Morgan fingerprint density at radius 3 is 2.23 bits per heavy atom. The molecule has 1 atom stereocenters. The maximum atomic E-state index is 10.6. The molecule has 0 aromatic carbocycles. The Bertz CT molecular complexity index is 231. The van der Waals surface area contributed by atoms with Gasteiger partial charge in [0.15, 0.2) is 0 Å². The molecule has 6 heteroatoms. The van der Waals surface area contributed by atoms with Crippen LogP contribution in [-0.2, 0) is 0 Å². The van der Waals surface area contributed by atoms with Gasteiger partial charge in [-0.3, -0.25) is 0 Å². The number of amides is 2. The van der Waals surface area contributed by atoms with Gasteiger partial charge in [-0.05, 0) is 6.92 Å². The fraction of sp³-hybridized carbons (Fsp3) is 0.714. The molecular weight excluding hydrogens is 176 g/mol. The number of piperazine rings is 1. The molecule has 0 aromatic rings. The van der Waals surface area contributed by atoms with E-state index in [1.54, 1.807) is 6.92 Å². The summed E-state index contributed by atoms with van der Waals surface area (Å²) in [5.74, 6) is 0. The van der Waals surface area contributed by atoms with Crippen LogP contribution in [0.5, 0.6) is 0 Å². The zero-order chi connectivity index (χ0) is 10.0. The van der Waals surface area contributed by atoms with Gasteiger partial charge in [-0.15, -0.1) is 0 Å². The SMILES string of the molecule is CC1CN(C(=O)O)CCN1C(=O)O. The zero-order valence-corrected chi connectivity index (χ0v) is 7.30. The second-order valence-electron chi connectivity index (χ2n) is 3.05. The van der Waals surface area contributed by atoms with Crippen molar-refractivity contribution in [2.24, 2.45) is 0 Å². The van der Waals surface area contributed by atoms with E-state index in [0.717, 1.165) is 0 Å². The summed E-state index contributed by atoms with van der Waals surface area (Å²) >= 11 is 0. The molecule has 0 aliphatic carbocycles. The predicted octanol–water partition coefficient (Wildman–Crippen LogP) is 0.348.